The van der Waals surface area contributed by atoms with Gasteiger partial charge in [0.05, 0.1) is 11.1 Å². The molecule has 2 rings (SSSR count). The highest BCUT2D eigenvalue weighted by atomic mass is 79.9. The standard InChI is InChI=1S/C16H14BrCl2NO/c1-16(10-18,11-5-3-2-4-6-11)20-15(21)13-8-7-12(19)9-14(13)17/h2-9H,10H2,1H3,(H,20,21). The minimum Gasteiger partial charge on any atom is -0.342 e. The minimum absolute atomic E-state index is 0.203. The van der Waals surface area contributed by atoms with Crippen molar-refractivity contribution >= 4 is 45.0 Å². The predicted octanol–water partition coefficient (Wildman–Crippen LogP) is 4.99. The van der Waals surface area contributed by atoms with Gasteiger partial charge in [0.1, 0.15) is 0 Å². The Hall–Kier alpha value is -1.03. The van der Waals surface area contributed by atoms with Crippen LogP contribution in [0.5, 0.6) is 0 Å². The zero-order valence-electron chi connectivity index (χ0n) is 11.4. The quantitative estimate of drug-likeness (QED) is 0.737. The third-order valence-corrected chi connectivity index (χ3v) is 4.67. The zero-order chi connectivity index (χ0) is 15.5. The number of hydrogen-bond acceptors (Lipinski definition) is 1. The van der Waals surface area contributed by atoms with Crippen LogP contribution in [0.25, 0.3) is 0 Å². The number of carbonyl (C=O) groups is 1. The van der Waals surface area contributed by atoms with Gasteiger partial charge in [-0.1, -0.05) is 41.9 Å². The molecular weight excluding hydrogens is 373 g/mol. The van der Waals surface area contributed by atoms with Crippen molar-refractivity contribution in [1.29, 1.82) is 0 Å². The number of halogens is 3. The summed E-state index contributed by atoms with van der Waals surface area (Å²) < 4.78 is 0.650. The van der Waals surface area contributed by atoms with Gasteiger partial charge in [-0.3, -0.25) is 4.79 Å². The van der Waals surface area contributed by atoms with Crippen molar-refractivity contribution in [2.24, 2.45) is 0 Å². The maximum absolute atomic E-state index is 12.5. The van der Waals surface area contributed by atoms with Crippen LogP contribution in [0.4, 0.5) is 0 Å². The lowest BCUT2D eigenvalue weighted by Gasteiger charge is -2.29. The molecule has 2 aromatic rings. The number of amides is 1. The summed E-state index contributed by atoms with van der Waals surface area (Å²) >= 11 is 15.3. The Morgan fingerprint density at radius 3 is 2.48 bits per heavy atom. The van der Waals surface area contributed by atoms with E-state index in [0.29, 0.717) is 15.1 Å². The third kappa shape index (κ3) is 3.79. The SMILES string of the molecule is CC(CCl)(NC(=O)c1ccc(Cl)cc1Br)c1ccccc1. The van der Waals surface area contributed by atoms with Crippen molar-refractivity contribution in [2.45, 2.75) is 12.5 Å². The smallest absolute Gasteiger partial charge is 0.253 e. The van der Waals surface area contributed by atoms with Crippen LogP contribution in [0.2, 0.25) is 5.02 Å². The molecule has 0 heterocycles. The molecular formula is C16H14BrCl2NO. The highest BCUT2D eigenvalue weighted by Crippen LogP contribution is 2.25. The summed E-state index contributed by atoms with van der Waals surface area (Å²) in [4.78, 5) is 12.5. The maximum Gasteiger partial charge on any atom is 0.253 e. The van der Waals surface area contributed by atoms with Gasteiger partial charge in [-0.25, -0.2) is 0 Å². The first-order chi connectivity index (χ1) is 9.96. The van der Waals surface area contributed by atoms with Gasteiger partial charge in [0, 0.05) is 15.4 Å². The lowest BCUT2D eigenvalue weighted by Crippen LogP contribution is -2.45. The molecule has 0 bridgehead atoms. The van der Waals surface area contributed by atoms with Crippen LogP contribution < -0.4 is 5.32 Å². The molecule has 0 saturated carbocycles. The molecule has 0 aliphatic carbocycles. The summed E-state index contributed by atoms with van der Waals surface area (Å²) in [6, 6.07) is 14.7. The summed E-state index contributed by atoms with van der Waals surface area (Å²) in [5.74, 6) is 0.0686. The average molecular weight is 387 g/mol. The van der Waals surface area contributed by atoms with Crippen molar-refractivity contribution < 1.29 is 4.79 Å². The molecule has 2 nitrogen and oxygen atoms in total. The maximum atomic E-state index is 12.5. The van der Waals surface area contributed by atoms with Gasteiger partial charge < -0.3 is 5.32 Å². The van der Waals surface area contributed by atoms with E-state index in [1.165, 1.54) is 0 Å². The summed E-state index contributed by atoms with van der Waals surface area (Å²) in [5, 5.41) is 3.56. The summed E-state index contributed by atoms with van der Waals surface area (Å²) in [7, 11) is 0. The molecule has 0 aliphatic heterocycles. The Balaban J connectivity index is 2.28. The molecule has 0 fully saturated rings. The molecule has 1 amide bonds. The topological polar surface area (TPSA) is 29.1 Å². The fourth-order valence-electron chi connectivity index (χ4n) is 1.98. The Morgan fingerprint density at radius 2 is 1.90 bits per heavy atom. The van der Waals surface area contributed by atoms with Crippen LogP contribution >= 0.6 is 39.1 Å². The van der Waals surface area contributed by atoms with Crippen LogP contribution in [0.15, 0.2) is 53.0 Å². The van der Waals surface area contributed by atoms with Gasteiger partial charge in [-0.2, -0.15) is 0 Å². The molecule has 0 radical (unpaired) electrons. The summed E-state index contributed by atoms with van der Waals surface area (Å²) in [6.45, 7) is 1.90. The first-order valence-corrected chi connectivity index (χ1v) is 8.06. The number of carbonyl (C=O) groups excluding carboxylic acids is 1. The van der Waals surface area contributed by atoms with E-state index in [0.717, 1.165) is 5.56 Å². The minimum atomic E-state index is -0.640. The van der Waals surface area contributed by atoms with Gasteiger partial charge in [0.25, 0.3) is 5.91 Å². The molecule has 0 aromatic heterocycles. The van der Waals surface area contributed by atoms with Crippen LogP contribution in [-0.2, 0) is 5.54 Å². The van der Waals surface area contributed by atoms with Gasteiger partial charge in [0.15, 0.2) is 0 Å². The molecule has 0 spiro atoms. The monoisotopic (exact) mass is 385 g/mol. The zero-order valence-corrected chi connectivity index (χ0v) is 14.5. The first kappa shape index (κ1) is 16.3. The van der Waals surface area contributed by atoms with Crippen LogP contribution in [0.3, 0.4) is 0 Å². The van der Waals surface area contributed by atoms with E-state index in [9.17, 15) is 4.79 Å². The molecule has 2 aromatic carbocycles. The average Bonchev–Trinajstić information content (AvgIpc) is 2.47. The van der Waals surface area contributed by atoms with Crippen LogP contribution in [-0.4, -0.2) is 11.8 Å². The van der Waals surface area contributed by atoms with E-state index in [1.807, 2.05) is 37.3 Å². The summed E-state index contributed by atoms with van der Waals surface area (Å²) in [5.41, 5.74) is 0.837. The van der Waals surface area contributed by atoms with Crippen molar-refractivity contribution in [2.75, 3.05) is 5.88 Å². The number of rotatable bonds is 4. The molecule has 1 N–H and O–H groups in total. The van der Waals surface area contributed by atoms with Gasteiger partial charge in [0.2, 0.25) is 0 Å². The van der Waals surface area contributed by atoms with Gasteiger partial charge in [-0.15, -0.1) is 11.6 Å². The van der Waals surface area contributed by atoms with Gasteiger partial charge >= 0.3 is 0 Å². The molecule has 0 saturated heterocycles. The van der Waals surface area contributed by atoms with Crippen molar-refractivity contribution in [3.63, 3.8) is 0 Å². The van der Waals surface area contributed by atoms with Crippen LogP contribution in [0.1, 0.15) is 22.8 Å². The largest absolute Gasteiger partial charge is 0.342 e. The number of nitrogens with one attached hydrogen (secondary N) is 1. The molecule has 1 atom stereocenters. The molecule has 110 valence electrons. The second kappa shape index (κ2) is 6.82. The fraction of sp³-hybridized carbons (Fsp3) is 0.188. The lowest BCUT2D eigenvalue weighted by molar-refractivity contribution is 0.0912. The highest BCUT2D eigenvalue weighted by Gasteiger charge is 2.28. The number of alkyl halides is 1. The Kier molecular flexibility index (Phi) is 5.31. The van der Waals surface area contributed by atoms with E-state index < -0.39 is 5.54 Å². The van der Waals surface area contributed by atoms with Crippen molar-refractivity contribution in [3.05, 3.63) is 69.2 Å². The normalized spacial score (nSPS) is 13.5. The molecule has 0 aliphatic rings. The van der Waals surface area contributed by atoms with Crippen molar-refractivity contribution in [3.8, 4) is 0 Å². The van der Waals surface area contributed by atoms with E-state index >= 15 is 0 Å². The Labute approximate surface area is 142 Å². The van der Waals surface area contributed by atoms with Crippen molar-refractivity contribution in [1.82, 2.24) is 5.32 Å². The third-order valence-electron chi connectivity index (χ3n) is 3.24. The van der Waals surface area contributed by atoms with E-state index in [-0.39, 0.29) is 11.8 Å². The Morgan fingerprint density at radius 1 is 1.24 bits per heavy atom. The molecule has 5 heteroatoms. The fourth-order valence-corrected chi connectivity index (χ4v) is 3.06. The molecule has 21 heavy (non-hydrogen) atoms. The summed E-state index contributed by atoms with van der Waals surface area (Å²) in [6.07, 6.45) is 0. The number of benzene rings is 2. The predicted molar refractivity (Wildman–Crippen MR) is 91.1 cm³/mol. The van der Waals surface area contributed by atoms with E-state index in [4.69, 9.17) is 23.2 Å². The highest BCUT2D eigenvalue weighted by molar-refractivity contribution is 9.10. The Bertz CT molecular complexity index is 648. The van der Waals surface area contributed by atoms with Gasteiger partial charge in [-0.05, 0) is 46.6 Å². The van der Waals surface area contributed by atoms with E-state index in [2.05, 4.69) is 21.2 Å². The first-order valence-electron chi connectivity index (χ1n) is 6.35. The van der Waals surface area contributed by atoms with E-state index in [1.54, 1.807) is 18.2 Å². The molecule has 1 unspecified atom stereocenters. The van der Waals surface area contributed by atoms with Crippen LogP contribution in [0, 0.1) is 0 Å². The second-order valence-electron chi connectivity index (χ2n) is 4.91. The number of hydrogen-bond donors (Lipinski definition) is 1. The lowest BCUT2D eigenvalue weighted by atomic mass is 9.93. The second-order valence-corrected chi connectivity index (χ2v) is 6.47.